The molecule has 0 bridgehead atoms. The van der Waals surface area contributed by atoms with Gasteiger partial charge in [-0.2, -0.15) is 13.1 Å². The summed E-state index contributed by atoms with van der Waals surface area (Å²) < 4.78 is 42.1. The zero-order valence-electron chi connectivity index (χ0n) is 16.5. The summed E-state index contributed by atoms with van der Waals surface area (Å²) in [4.78, 5) is 2.51. The normalized spacial score (nSPS) is 16.5. The van der Waals surface area contributed by atoms with Crippen molar-refractivity contribution in [3.05, 3.63) is 48.0 Å². The monoisotopic (exact) mass is 432 g/mol. The van der Waals surface area contributed by atoms with Crippen molar-refractivity contribution in [3.8, 4) is 5.75 Å². The largest absolute Gasteiger partial charge is 0.491 e. The van der Waals surface area contributed by atoms with Crippen LogP contribution in [0.5, 0.6) is 5.75 Å². The van der Waals surface area contributed by atoms with Gasteiger partial charge in [0.05, 0.1) is 17.8 Å². The maximum Gasteiger partial charge on any atom is 0.245 e. The van der Waals surface area contributed by atoms with Gasteiger partial charge in [0.15, 0.2) is 0 Å². The van der Waals surface area contributed by atoms with Crippen LogP contribution in [0.3, 0.4) is 0 Å². The third-order valence-electron chi connectivity index (χ3n) is 4.93. The van der Waals surface area contributed by atoms with Crippen LogP contribution in [0.1, 0.15) is 19.4 Å². The summed E-state index contributed by atoms with van der Waals surface area (Å²) >= 11 is 1.03. The van der Waals surface area contributed by atoms with Crippen molar-refractivity contribution in [2.24, 2.45) is 0 Å². The van der Waals surface area contributed by atoms with Crippen LogP contribution in [0.15, 0.2) is 47.4 Å². The molecular weight excluding hydrogens is 408 g/mol. The highest BCUT2D eigenvalue weighted by Crippen LogP contribution is 2.26. The van der Waals surface area contributed by atoms with Gasteiger partial charge in [-0.05, 0) is 32.0 Å². The summed E-state index contributed by atoms with van der Waals surface area (Å²) in [6.45, 7) is 6.99. The highest BCUT2D eigenvalue weighted by molar-refractivity contribution is 7.89. The second-order valence-electron chi connectivity index (χ2n) is 7.34. The molecule has 154 valence electrons. The molecule has 29 heavy (non-hydrogen) atoms. The zero-order valence-corrected chi connectivity index (χ0v) is 18.1. The van der Waals surface area contributed by atoms with Gasteiger partial charge in [0.2, 0.25) is 10.0 Å². The third kappa shape index (κ3) is 4.28. The minimum Gasteiger partial charge on any atom is -0.491 e. The van der Waals surface area contributed by atoms with E-state index in [4.69, 9.17) is 4.74 Å². The predicted molar refractivity (Wildman–Crippen MR) is 114 cm³/mol. The molecule has 0 radical (unpaired) electrons. The lowest BCUT2D eigenvalue weighted by atomic mass is 10.1. The molecule has 2 heterocycles. The lowest BCUT2D eigenvalue weighted by molar-refractivity contribution is 0.176. The molecule has 0 unspecified atom stereocenters. The lowest BCUT2D eigenvalue weighted by Gasteiger charge is -2.34. The van der Waals surface area contributed by atoms with Crippen molar-refractivity contribution in [3.63, 3.8) is 0 Å². The van der Waals surface area contributed by atoms with E-state index in [0.717, 1.165) is 29.6 Å². The van der Waals surface area contributed by atoms with E-state index in [-0.39, 0.29) is 11.0 Å². The molecule has 1 aromatic heterocycles. The molecule has 1 aliphatic heterocycles. The molecule has 1 fully saturated rings. The molecule has 1 aliphatic rings. The van der Waals surface area contributed by atoms with E-state index in [1.165, 1.54) is 0 Å². The molecule has 0 saturated carbocycles. The average molecular weight is 433 g/mol. The van der Waals surface area contributed by atoms with E-state index in [1.54, 1.807) is 22.5 Å². The number of hydrogen-bond donors (Lipinski definition) is 0. The summed E-state index contributed by atoms with van der Waals surface area (Å²) in [6.07, 6.45) is 0.112. The van der Waals surface area contributed by atoms with E-state index in [0.29, 0.717) is 37.2 Å². The molecule has 3 aromatic rings. The number of para-hydroxylation sites is 1. The van der Waals surface area contributed by atoms with Crippen LogP contribution in [0, 0.1) is 0 Å². The first kappa shape index (κ1) is 20.2. The van der Waals surface area contributed by atoms with Crippen molar-refractivity contribution < 1.29 is 13.2 Å². The Bertz CT molecular complexity index is 1090. The summed E-state index contributed by atoms with van der Waals surface area (Å²) in [5, 5.41) is 0. The van der Waals surface area contributed by atoms with Crippen LogP contribution in [-0.2, 0) is 16.6 Å². The maximum absolute atomic E-state index is 13.2. The van der Waals surface area contributed by atoms with Crippen LogP contribution in [-0.4, -0.2) is 58.7 Å². The molecule has 4 rings (SSSR count). The first-order valence-electron chi connectivity index (χ1n) is 9.63. The number of hydrogen-bond acceptors (Lipinski definition) is 7. The van der Waals surface area contributed by atoms with Crippen LogP contribution in [0.4, 0.5) is 0 Å². The van der Waals surface area contributed by atoms with Crippen LogP contribution >= 0.6 is 11.7 Å². The number of ether oxygens (including phenoxy) is 1. The summed E-state index contributed by atoms with van der Waals surface area (Å²) in [5.41, 5.74) is 2.20. The van der Waals surface area contributed by atoms with Gasteiger partial charge in [-0.1, -0.05) is 24.3 Å². The molecule has 0 atom stereocenters. The molecule has 0 amide bonds. The highest BCUT2D eigenvalue weighted by Gasteiger charge is 2.30. The Morgan fingerprint density at radius 1 is 1.03 bits per heavy atom. The van der Waals surface area contributed by atoms with E-state index < -0.39 is 10.0 Å². The molecule has 0 aliphatic carbocycles. The Labute approximate surface area is 175 Å². The molecule has 0 spiro atoms. The first-order chi connectivity index (χ1) is 13.9. The van der Waals surface area contributed by atoms with Gasteiger partial charge in [0.1, 0.15) is 21.7 Å². The minimum absolute atomic E-state index is 0.112. The fourth-order valence-corrected chi connectivity index (χ4v) is 5.68. The van der Waals surface area contributed by atoms with Crippen LogP contribution < -0.4 is 4.74 Å². The van der Waals surface area contributed by atoms with Crippen molar-refractivity contribution in [1.82, 2.24) is 18.0 Å². The molecule has 9 heteroatoms. The maximum atomic E-state index is 13.2. The number of rotatable bonds is 6. The standard InChI is InChI=1S/C20H24N4O3S2/c1-15(2)27-18-8-4-3-6-16(18)14-23-10-12-24(13-11-23)29(25,26)19-9-5-7-17-20(19)22-28-21-17/h3-9,15H,10-14H2,1-2H3. The number of aromatic nitrogens is 2. The summed E-state index contributed by atoms with van der Waals surface area (Å²) in [6, 6.07) is 13.1. The van der Waals surface area contributed by atoms with Crippen molar-refractivity contribution >= 4 is 32.8 Å². The second kappa shape index (κ2) is 8.35. The lowest BCUT2D eigenvalue weighted by Crippen LogP contribution is -2.48. The van der Waals surface area contributed by atoms with Gasteiger partial charge in [-0.25, -0.2) is 8.42 Å². The van der Waals surface area contributed by atoms with Gasteiger partial charge in [-0.15, -0.1) is 0 Å². The zero-order chi connectivity index (χ0) is 20.4. The fraction of sp³-hybridized carbons (Fsp3) is 0.400. The number of benzene rings is 2. The quantitative estimate of drug-likeness (QED) is 0.596. The van der Waals surface area contributed by atoms with Crippen LogP contribution in [0.25, 0.3) is 11.0 Å². The third-order valence-corrected chi connectivity index (χ3v) is 7.40. The summed E-state index contributed by atoms with van der Waals surface area (Å²) in [5.74, 6) is 0.889. The average Bonchev–Trinajstić information content (AvgIpc) is 3.18. The van der Waals surface area contributed by atoms with E-state index >= 15 is 0 Å². The van der Waals surface area contributed by atoms with Gasteiger partial charge in [0.25, 0.3) is 0 Å². The highest BCUT2D eigenvalue weighted by atomic mass is 32.2. The minimum atomic E-state index is -3.59. The number of sulfonamides is 1. The van der Waals surface area contributed by atoms with Gasteiger partial charge >= 0.3 is 0 Å². The van der Waals surface area contributed by atoms with Crippen molar-refractivity contribution in [1.29, 1.82) is 0 Å². The topological polar surface area (TPSA) is 75.6 Å². The number of nitrogens with zero attached hydrogens (tertiary/aromatic N) is 4. The molecular formula is C20H24N4O3S2. The number of piperazine rings is 1. The first-order valence-corrected chi connectivity index (χ1v) is 11.8. The Hall–Kier alpha value is -2.07. The van der Waals surface area contributed by atoms with Gasteiger partial charge < -0.3 is 4.74 Å². The Kier molecular flexibility index (Phi) is 5.82. The molecule has 0 N–H and O–H groups in total. The fourth-order valence-electron chi connectivity index (χ4n) is 3.50. The van der Waals surface area contributed by atoms with Gasteiger partial charge in [0, 0.05) is 38.3 Å². The second-order valence-corrected chi connectivity index (χ2v) is 9.78. The summed E-state index contributed by atoms with van der Waals surface area (Å²) in [7, 11) is -3.59. The Morgan fingerprint density at radius 3 is 2.55 bits per heavy atom. The molecule has 1 saturated heterocycles. The van der Waals surface area contributed by atoms with E-state index in [9.17, 15) is 8.42 Å². The SMILES string of the molecule is CC(C)Oc1ccccc1CN1CCN(S(=O)(=O)c2cccc3nsnc23)CC1. The van der Waals surface area contributed by atoms with E-state index in [2.05, 4.69) is 19.7 Å². The Balaban J connectivity index is 1.45. The predicted octanol–water partition coefficient (Wildman–Crippen LogP) is 2.99. The molecule has 2 aromatic carbocycles. The van der Waals surface area contributed by atoms with Crippen molar-refractivity contribution in [2.45, 2.75) is 31.4 Å². The number of fused-ring (bicyclic) bond motifs is 1. The Morgan fingerprint density at radius 2 is 1.79 bits per heavy atom. The van der Waals surface area contributed by atoms with Gasteiger partial charge in [-0.3, -0.25) is 4.90 Å². The molecule has 7 nitrogen and oxygen atoms in total. The van der Waals surface area contributed by atoms with E-state index in [1.807, 2.05) is 32.0 Å². The smallest absolute Gasteiger partial charge is 0.245 e. The van der Waals surface area contributed by atoms with Crippen molar-refractivity contribution in [2.75, 3.05) is 26.2 Å². The van der Waals surface area contributed by atoms with Crippen LogP contribution in [0.2, 0.25) is 0 Å².